The monoisotopic (exact) mass is 341 g/mol. The first-order valence-corrected chi connectivity index (χ1v) is 7.61. The van der Waals surface area contributed by atoms with Crippen molar-refractivity contribution in [2.75, 3.05) is 0 Å². The number of aromatic nitrogens is 2. The molecule has 0 aliphatic rings. The molecule has 120 valence electrons. The summed E-state index contributed by atoms with van der Waals surface area (Å²) in [6.45, 7) is 0.121. The molecule has 0 bridgehead atoms. The lowest BCUT2D eigenvalue weighted by atomic mass is 10.2. The summed E-state index contributed by atoms with van der Waals surface area (Å²) in [5, 5.41) is 3.07. The van der Waals surface area contributed by atoms with Crippen molar-refractivity contribution in [1.29, 1.82) is 0 Å². The van der Waals surface area contributed by atoms with Crippen LogP contribution in [0.5, 0.6) is 0 Å². The number of halogens is 2. The van der Waals surface area contributed by atoms with E-state index in [1.54, 1.807) is 0 Å². The summed E-state index contributed by atoms with van der Waals surface area (Å²) in [4.78, 5) is 20.5. The minimum absolute atomic E-state index is 0.121. The Balaban J connectivity index is 1.68. The summed E-state index contributed by atoms with van der Waals surface area (Å²) in [5.74, 6) is -0.213. The van der Waals surface area contributed by atoms with Crippen molar-refractivity contribution < 1.29 is 9.18 Å². The number of benzene rings is 2. The first kappa shape index (κ1) is 16.1. The van der Waals surface area contributed by atoms with Crippen LogP contribution >= 0.6 is 11.6 Å². The van der Waals surface area contributed by atoms with Crippen molar-refractivity contribution in [2.24, 2.45) is 0 Å². The van der Waals surface area contributed by atoms with E-state index in [2.05, 4.69) is 15.3 Å². The highest BCUT2D eigenvalue weighted by molar-refractivity contribution is 6.31. The van der Waals surface area contributed by atoms with E-state index in [-0.39, 0.29) is 12.5 Å². The second kappa shape index (κ2) is 7.19. The van der Waals surface area contributed by atoms with Crippen molar-refractivity contribution in [3.05, 3.63) is 82.9 Å². The van der Waals surface area contributed by atoms with Crippen LogP contribution in [0.4, 0.5) is 4.39 Å². The second-order valence-corrected chi connectivity index (χ2v) is 5.49. The zero-order valence-corrected chi connectivity index (χ0v) is 13.3. The van der Waals surface area contributed by atoms with Crippen LogP contribution in [0.2, 0.25) is 5.02 Å². The van der Waals surface area contributed by atoms with Gasteiger partial charge in [0.2, 0.25) is 0 Å². The lowest BCUT2D eigenvalue weighted by Gasteiger charge is -2.07. The number of hydrogen-bond acceptors (Lipinski definition) is 3. The van der Waals surface area contributed by atoms with E-state index in [4.69, 9.17) is 11.6 Å². The van der Waals surface area contributed by atoms with Gasteiger partial charge in [-0.05, 0) is 23.8 Å². The Morgan fingerprint density at radius 1 is 1.08 bits per heavy atom. The Morgan fingerprint density at radius 3 is 2.50 bits per heavy atom. The zero-order chi connectivity index (χ0) is 16.9. The molecule has 0 unspecified atom stereocenters. The standard InChI is InChI=1S/C18H13ClFN3O/c19-16-7-6-15(20)8-13(16)9-23-18(24)14-10-21-17(22-11-14)12-4-2-1-3-5-12/h1-8,10-11H,9H2,(H,23,24). The molecule has 6 heteroatoms. The molecule has 1 heterocycles. The number of nitrogens with one attached hydrogen (secondary N) is 1. The van der Waals surface area contributed by atoms with Crippen LogP contribution in [-0.4, -0.2) is 15.9 Å². The van der Waals surface area contributed by atoms with Crippen LogP contribution in [0.1, 0.15) is 15.9 Å². The van der Waals surface area contributed by atoms with Crippen molar-refractivity contribution >= 4 is 17.5 Å². The second-order valence-electron chi connectivity index (χ2n) is 5.08. The number of nitrogens with zero attached hydrogens (tertiary/aromatic N) is 2. The molecular weight excluding hydrogens is 329 g/mol. The third-order valence-corrected chi connectivity index (χ3v) is 3.76. The highest BCUT2D eigenvalue weighted by Gasteiger charge is 2.09. The molecule has 0 spiro atoms. The molecule has 1 amide bonds. The smallest absolute Gasteiger partial charge is 0.254 e. The number of amides is 1. The van der Waals surface area contributed by atoms with Crippen molar-refractivity contribution in [2.45, 2.75) is 6.54 Å². The van der Waals surface area contributed by atoms with E-state index in [9.17, 15) is 9.18 Å². The van der Waals surface area contributed by atoms with Gasteiger partial charge in [-0.2, -0.15) is 0 Å². The summed E-state index contributed by atoms with van der Waals surface area (Å²) >= 11 is 5.97. The van der Waals surface area contributed by atoms with Gasteiger partial charge in [0, 0.05) is 29.5 Å². The van der Waals surface area contributed by atoms with E-state index < -0.39 is 5.82 Å². The first-order valence-electron chi connectivity index (χ1n) is 7.23. The van der Waals surface area contributed by atoms with E-state index in [1.807, 2.05) is 30.3 Å². The van der Waals surface area contributed by atoms with Crippen molar-refractivity contribution in [3.8, 4) is 11.4 Å². The molecule has 0 fully saturated rings. The van der Waals surface area contributed by atoms with E-state index in [1.165, 1.54) is 30.6 Å². The third-order valence-electron chi connectivity index (χ3n) is 3.39. The Hall–Kier alpha value is -2.79. The quantitative estimate of drug-likeness (QED) is 0.783. The molecule has 1 N–H and O–H groups in total. The van der Waals surface area contributed by atoms with Crippen LogP contribution in [0.15, 0.2) is 60.9 Å². The summed E-state index contributed by atoms with van der Waals surface area (Å²) in [6, 6.07) is 13.5. The van der Waals surface area contributed by atoms with Crippen molar-refractivity contribution in [1.82, 2.24) is 15.3 Å². The van der Waals surface area contributed by atoms with E-state index in [0.29, 0.717) is 22.0 Å². The molecule has 0 saturated heterocycles. The van der Waals surface area contributed by atoms with Gasteiger partial charge < -0.3 is 5.32 Å². The zero-order valence-electron chi connectivity index (χ0n) is 12.5. The molecule has 0 aliphatic carbocycles. The number of carbonyl (C=O) groups is 1. The highest BCUT2D eigenvalue weighted by atomic mass is 35.5. The Kier molecular flexibility index (Phi) is 4.82. The van der Waals surface area contributed by atoms with Gasteiger partial charge in [0.25, 0.3) is 5.91 Å². The van der Waals surface area contributed by atoms with Crippen LogP contribution in [0.25, 0.3) is 11.4 Å². The molecule has 0 saturated carbocycles. The molecule has 3 aromatic rings. The summed E-state index contributed by atoms with van der Waals surface area (Å²) < 4.78 is 13.2. The van der Waals surface area contributed by atoms with Gasteiger partial charge in [-0.15, -0.1) is 0 Å². The molecular formula is C18H13ClFN3O. The molecule has 1 aromatic heterocycles. The third kappa shape index (κ3) is 3.75. The Labute approximate surface area is 143 Å². The number of rotatable bonds is 4. The van der Waals surface area contributed by atoms with E-state index in [0.717, 1.165) is 5.56 Å². The average Bonchev–Trinajstić information content (AvgIpc) is 2.63. The van der Waals surface area contributed by atoms with Gasteiger partial charge in [0.1, 0.15) is 5.82 Å². The highest BCUT2D eigenvalue weighted by Crippen LogP contribution is 2.17. The summed E-state index contributed by atoms with van der Waals surface area (Å²) in [7, 11) is 0. The van der Waals surface area contributed by atoms with Crippen molar-refractivity contribution in [3.63, 3.8) is 0 Å². The molecule has 0 aliphatic heterocycles. The molecule has 2 aromatic carbocycles. The lowest BCUT2D eigenvalue weighted by molar-refractivity contribution is 0.0950. The fourth-order valence-electron chi connectivity index (χ4n) is 2.14. The summed E-state index contributed by atoms with van der Waals surface area (Å²) in [6.07, 6.45) is 2.91. The largest absolute Gasteiger partial charge is 0.348 e. The number of hydrogen-bond donors (Lipinski definition) is 1. The predicted octanol–water partition coefficient (Wildman–Crippen LogP) is 3.87. The predicted molar refractivity (Wildman–Crippen MR) is 90.0 cm³/mol. The van der Waals surface area contributed by atoms with Gasteiger partial charge in [-0.1, -0.05) is 41.9 Å². The summed E-state index contributed by atoms with van der Waals surface area (Å²) in [5.41, 5.74) is 1.70. The van der Waals surface area contributed by atoms with E-state index >= 15 is 0 Å². The van der Waals surface area contributed by atoms with Crippen LogP contribution < -0.4 is 5.32 Å². The minimum atomic E-state index is -0.404. The van der Waals surface area contributed by atoms with Crippen LogP contribution in [-0.2, 0) is 6.54 Å². The maximum absolute atomic E-state index is 13.2. The van der Waals surface area contributed by atoms with Gasteiger partial charge in [-0.3, -0.25) is 4.79 Å². The SMILES string of the molecule is O=C(NCc1cc(F)ccc1Cl)c1cnc(-c2ccccc2)nc1. The molecule has 24 heavy (non-hydrogen) atoms. The van der Waals surface area contributed by atoms with Gasteiger partial charge >= 0.3 is 0 Å². The topological polar surface area (TPSA) is 54.9 Å². The van der Waals surface area contributed by atoms with Gasteiger partial charge in [-0.25, -0.2) is 14.4 Å². The van der Waals surface area contributed by atoms with Crippen LogP contribution in [0.3, 0.4) is 0 Å². The maximum atomic E-state index is 13.2. The Bertz CT molecular complexity index is 854. The lowest BCUT2D eigenvalue weighted by Crippen LogP contribution is -2.23. The Morgan fingerprint density at radius 2 is 1.79 bits per heavy atom. The van der Waals surface area contributed by atoms with Gasteiger partial charge in [0.15, 0.2) is 5.82 Å². The minimum Gasteiger partial charge on any atom is -0.348 e. The molecule has 4 nitrogen and oxygen atoms in total. The maximum Gasteiger partial charge on any atom is 0.254 e. The molecule has 3 rings (SSSR count). The fraction of sp³-hybridized carbons (Fsp3) is 0.0556. The average molecular weight is 342 g/mol. The van der Waals surface area contributed by atoms with Gasteiger partial charge in [0.05, 0.1) is 5.56 Å². The van der Waals surface area contributed by atoms with Crippen LogP contribution in [0, 0.1) is 5.82 Å². The fourth-order valence-corrected chi connectivity index (χ4v) is 2.32. The first-order chi connectivity index (χ1) is 11.6. The normalized spacial score (nSPS) is 10.4. The molecule has 0 radical (unpaired) electrons. The molecule has 0 atom stereocenters. The number of carbonyl (C=O) groups excluding carboxylic acids is 1.